The first-order valence-electron chi connectivity index (χ1n) is 9.79. The van der Waals surface area contributed by atoms with E-state index in [1.807, 2.05) is 70.3 Å². The van der Waals surface area contributed by atoms with E-state index in [0.717, 1.165) is 59.7 Å². The van der Waals surface area contributed by atoms with Crippen molar-refractivity contribution in [1.29, 1.82) is 0 Å². The minimum absolute atomic E-state index is 0.198. The maximum absolute atomic E-state index is 6.06. The van der Waals surface area contributed by atoms with Crippen LogP contribution in [0.5, 0.6) is 11.5 Å². The van der Waals surface area contributed by atoms with Crippen molar-refractivity contribution >= 4 is 19.0 Å². The van der Waals surface area contributed by atoms with Crippen LogP contribution < -0.4 is 4.74 Å². The summed E-state index contributed by atoms with van der Waals surface area (Å²) in [6.45, 7) is 1.67. The van der Waals surface area contributed by atoms with Gasteiger partial charge in [0.15, 0.2) is 13.6 Å². The van der Waals surface area contributed by atoms with Crippen molar-refractivity contribution in [2.24, 2.45) is 0 Å². The molecule has 0 spiro atoms. The molecule has 2 radical (unpaired) electrons. The lowest BCUT2D eigenvalue weighted by atomic mass is 10.0. The van der Waals surface area contributed by atoms with Gasteiger partial charge in [0.2, 0.25) is 0 Å². The van der Waals surface area contributed by atoms with E-state index in [2.05, 4.69) is 9.97 Å². The van der Waals surface area contributed by atoms with Crippen molar-refractivity contribution in [3.8, 4) is 22.8 Å². The lowest BCUT2D eigenvalue weighted by Crippen LogP contribution is -2.35. The maximum Gasteiger partial charge on any atom is 0.182 e. The predicted octanol–water partition coefficient (Wildman–Crippen LogP) is 4.01. The van der Waals surface area contributed by atoms with Gasteiger partial charge < -0.3 is 9.55 Å². The number of hydrogen-bond acceptors (Lipinski definition) is 5. The van der Waals surface area contributed by atoms with Gasteiger partial charge in [-0.05, 0) is 43.7 Å². The molecule has 2 aromatic heterocycles. The van der Waals surface area contributed by atoms with Crippen LogP contribution >= 0.6 is 0 Å². The van der Waals surface area contributed by atoms with Gasteiger partial charge >= 0.3 is 0 Å². The highest BCUT2D eigenvalue weighted by atomic mass is 16.5. The second kappa shape index (κ2) is 7.68. The molecule has 0 bridgehead atoms. The number of rotatable bonds is 4. The molecule has 0 saturated carbocycles. The minimum Gasteiger partial charge on any atom is -0.457 e. The first-order chi connectivity index (χ1) is 14.3. The van der Waals surface area contributed by atoms with Crippen LogP contribution in [0.15, 0.2) is 67.1 Å². The first kappa shape index (κ1) is 17.9. The van der Waals surface area contributed by atoms with Crippen molar-refractivity contribution in [2.75, 3.05) is 13.1 Å². The maximum atomic E-state index is 6.06. The topological polar surface area (TPSA) is 56.1 Å². The molecule has 142 valence electrons. The third-order valence-corrected chi connectivity index (χ3v) is 5.23. The normalized spacial score (nSPS) is 17.4. The highest BCUT2D eigenvalue weighted by Gasteiger charge is 2.24. The number of nitrogens with zero attached hydrogens (tertiary/aromatic N) is 5. The fraction of sp³-hybridized carbons (Fsp3) is 0.227. The second-order valence-corrected chi connectivity index (χ2v) is 7.29. The van der Waals surface area contributed by atoms with Crippen LogP contribution in [0.1, 0.15) is 18.9 Å². The predicted molar refractivity (Wildman–Crippen MR) is 113 cm³/mol. The SMILES string of the molecule is [B]N1CCC[C@H](n2nc(-c3cccc(Oc4ccccc4)c3)c3cncnc32)C1. The Morgan fingerprint density at radius 1 is 1.03 bits per heavy atom. The number of fused-ring (bicyclic) bond motifs is 1. The largest absolute Gasteiger partial charge is 0.457 e. The Labute approximate surface area is 170 Å². The van der Waals surface area contributed by atoms with E-state index in [1.54, 1.807) is 6.33 Å². The van der Waals surface area contributed by atoms with Crippen molar-refractivity contribution in [1.82, 2.24) is 24.6 Å². The summed E-state index contributed by atoms with van der Waals surface area (Å²) in [5, 5.41) is 5.87. The zero-order valence-electron chi connectivity index (χ0n) is 16.0. The molecular weight excluding hydrogens is 361 g/mol. The van der Waals surface area contributed by atoms with Crippen LogP contribution in [0.4, 0.5) is 0 Å². The molecule has 7 heteroatoms. The Balaban J connectivity index is 1.54. The third kappa shape index (κ3) is 3.61. The average molecular weight is 381 g/mol. The summed E-state index contributed by atoms with van der Waals surface area (Å²) >= 11 is 0. The molecule has 0 amide bonds. The van der Waals surface area contributed by atoms with Gasteiger partial charge in [-0.2, -0.15) is 5.10 Å². The van der Waals surface area contributed by atoms with Crippen molar-refractivity contribution < 1.29 is 4.74 Å². The molecule has 1 saturated heterocycles. The highest BCUT2D eigenvalue weighted by molar-refractivity contribution is 6.04. The van der Waals surface area contributed by atoms with Crippen LogP contribution in [-0.4, -0.2) is 45.6 Å². The van der Waals surface area contributed by atoms with E-state index in [-0.39, 0.29) is 6.04 Å². The van der Waals surface area contributed by atoms with E-state index < -0.39 is 0 Å². The standard InChI is InChI=1S/C22H20BN5O/c23-27-11-5-7-17(14-27)28-22-20(13-24-15-25-22)21(26-28)16-6-4-10-19(12-16)29-18-8-2-1-3-9-18/h1-4,6,8-10,12-13,15,17H,5,7,11,14H2/t17-/m0/s1. The number of para-hydroxylation sites is 1. The minimum atomic E-state index is 0.198. The van der Waals surface area contributed by atoms with E-state index in [1.165, 1.54) is 0 Å². The summed E-state index contributed by atoms with van der Waals surface area (Å²) in [6.07, 6.45) is 5.48. The molecule has 0 unspecified atom stereocenters. The van der Waals surface area contributed by atoms with Gasteiger partial charge in [-0.15, -0.1) is 0 Å². The first-order valence-corrected chi connectivity index (χ1v) is 9.79. The summed E-state index contributed by atoms with van der Waals surface area (Å²) in [7, 11) is 6.06. The molecule has 0 N–H and O–H groups in total. The van der Waals surface area contributed by atoms with Crippen molar-refractivity contribution in [3.63, 3.8) is 0 Å². The molecule has 5 rings (SSSR count). The summed E-state index contributed by atoms with van der Waals surface area (Å²) < 4.78 is 8.01. The molecule has 3 heterocycles. The Hall–Kier alpha value is -3.19. The Morgan fingerprint density at radius 3 is 2.76 bits per heavy atom. The van der Waals surface area contributed by atoms with Crippen LogP contribution in [0, 0.1) is 0 Å². The molecule has 1 atom stereocenters. The fourth-order valence-corrected chi connectivity index (χ4v) is 3.86. The Bertz CT molecular complexity index is 1130. The zero-order chi connectivity index (χ0) is 19.6. The summed E-state index contributed by atoms with van der Waals surface area (Å²) in [5.74, 6) is 1.56. The van der Waals surface area contributed by atoms with E-state index in [4.69, 9.17) is 17.8 Å². The second-order valence-electron chi connectivity index (χ2n) is 7.29. The fourth-order valence-electron chi connectivity index (χ4n) is 3.86. The Kier molecular flexibility index (Phi) is 4.73. The monoisotopic (exact) mass is 381 g/mol. The van der Waals surface area contributed by atoms with Gasteiger partial charge in [-0.25, -0.2) is 14.6 Å². The molecule has 2 aromatic carbocycles. The summed E-state index contributed by atoms with van der Waals surface area (Å²) in [5.41, 5.74) is 2.66. The quantitative estimate of drug-likeness (QED) is 0.500. The van der Waals surface area contributed by atoms with Gasteiger partial charge in [0.25, 0.3) is 0 Å². The molecule has 1 fully saturated rings. The van der Waals surface area contributed by atoms with Gasteiger partial charge in [0.05, 0.1) is 11.4 Å². The molecular formula is C22H20BN5O. The van der Waals surface area contributed by atoms with Gasteiger partial charge in [-0.1, -0.05) is 30.3 Å². The van der Waals surface area contributed by atoms with Crippen LogP contribution in [0.25, 0.3) is 22.3 Å². The molecule has 6 nitrogen and oxygen atoms in total. The summed E-state index contributed by atoms with van der Waals surface area (Å²) in [4.78, 5) is 10.6. The molecule has 1 aliphatic heterocycles. The van der Waals surface area contributed by atoms with E-state index >= 15 is 0 Å². The Morgan fingerprint density at radius 2 is 1.90 bits per heavy atom. The van der Waals surface area contributed by atoms with Gasteiger partial charge in [0, 0.05) is 18.3 Å². The van der Waals surface area contributed by atoms with Crippen molar-refractivity contribution in [3.05, 3.63) is 67.1 Å². The molecule has 29 heavy (non-hydrogen) atoms. The lowest BCUT2D eigenvalue weighted by molar-refractivity contribution is 0.265. The smallest absolute Gasteiger partial charge is 0.182 e. The van der Waals surface area contributed by atoms with Crippen LogP contribution in [0.2, 0.25) is 0 Å². The number of ether oxygens (including phenoxy) is 1. The average Bonchev–Trinajstić information content (AvgIpc) is 3.15. The number of hydrogen-bond donors (Lipinski definition) is 0. The zero-order valence-corrected chi connectivity index (χ0v) is 16.0. The lowest BCUT2D eigenvalue weighted by Gasteiger charge is -2.30. The number of piperidine rings is 1. The van der Waals surface area contributed by atoms with Crippen molar-refractivity contribution in [2.45, 2.75) is 18.9 Å². The van der Waals surface area contributed by atoms with Gasteiger partial charge in [0.1, 0.15) is 23.5 Å². The van der Waals surface area contributed by atoms with E-state index in [0.29, 0.717) is 0 Å². The number of benzene rings is 2. The van der Waals surface area contributed by atoms with Gasteiger partial charge in [-0.3, -0.25) is 0 Å². The number of aromatic nitrogens is 4. The van der Waals surface area contributed by atoms with Crippen LogP contribution in [0.3, 0.4) is 0 Å². The molecule has 4 aromatic rings. The summed E-state index contributed by atoms with van der Waals surface area (Å²) in [6, 6.07) is 17.9. The van der Waals surface area contributed by atoms with E-state index in [9.17, 15) is 0 Å². The highest BCUT2D eigenvalue weighted by Crippen LogP contribution is 2.33. The third-order valence-electron chi connectivity index (χ3n) is 5.23. The molecule has 1 aliphatic rings. The van der Waals surface area contributed by atoms with Crippen LogP contribution in [-0.2, 0) is 0 Å². The molecule has 0 aliphatic carbocycles.